The van der Waals surface area contributed by atoms with Gasteiger partial charge in [-0.05, 0) is 48.6 Å². The van der Waals surface area contributed by atoms with Gasteiger partial charge in [-0.2, -0.15) is 0 Å². The third-order valence-electron chi connectivity index (χ3n) is 8.05. The van der Waals surface area contributed by atoms with Gasteiger partial charge >= 0.3 is 5.97 Å². The van der Waals surface area contributed by atoms with Crippen molar-refractivity contribution < 1.29 is 33.5 Å². The van der Waals surface area contributed by atoms with Crippen LogP contribution in [0.1, 0.15) is 63.5 Å². The van der Waals surface area contributed by atoms with E-state index >= 15 is 0 Å². The minimum Gasteiger partial charge on any atom is -0.616 e. The first-order valence-corrected chi connectivity index (χ1v) is 18.1. The lowest BCUT2D eigenvalue weighted by Crippen LogP contribution is -2.74. The molecule has 2 aromatic rings. The highest BCUT2D eigenvalue weighted by Crippen LogP contribution is 2.40. The van der Waals surface area contributed by atoms with Gasteiger partial charge in [-0.1, -0.05) is 86.8 Å². The molecule has 11 heteroatoms. The number of nitrogens with one attached hydrogen (secondary N) is 1. The lowest BCUT2D eigenvalue weighted by atomic mass is 9.98. The van der Waals surface area contributed by atoms with Crippen molar-refractivity contribution in [1.82, 2.24) is 10.2 Å². The molecule has 244 valence electrons. The normalized spacial score (nSPS) is 21.1. The lowest BCUT2D eigenvalue weighted by molar-refractivity contribution is -0.160. The zero-order chi connectivity index (χ0) is 32.3. The first kappa shape index (κ1) is 34.7. The number of unbranched alkanes of at least 4 members (excludes halogenated alkanes) is 5. The number of fused-ring (bicyclic) bond motifs is 2. The highest BCUT2D eigenvalue weighted by Gasteiger charge is 2.56. The first-order chi connectivity index (χ1) is 21.7. The molecule has 2 amide bonds. The van der Waals surface area contributed by atoms with E-state index in [4.69, 9.17) is 9.47 Å². The SMILES string of the molecule is C=C1CS[C@@H]2C(NC(=O)Cc3ccccc3)C(=O)N2C1C(=O)O.CCCCCCCC[S+]([O-])C(C)Cc1ccc2c(c1)OCO2. The maximum atomic E-state index is 12.3. The van der Waals surface area contributed by atoms with Gasteiger partial charge in [0.1, 0.15) is 22.4 Å². The summed E-state index contributed by atoms with van der Waals surface area (Å²) in [5.74, 6) is 1.23. The van der Waals surface area contributed by atoms with E-state index in [0.717, 1.165) is 35.7 Å². The first-order valence-electron chi connectivity index (χ1n) is 15.6. The summed E-state index contributed by atoms with van der Waals surface area (Å²) in [5.41, 5.74) is 2.54. The Morgan fingerprint density at radius 2 is 1.80 bits per heavy atom. The predicted octanol–water partition coefficient (Wildman–Crippen LogP) is 5.09. The molecule has 2 N–H and O–H groups in total. The molecule has 5 rings (SSSR count). The topological polar surface area (TPSA) is 128 Å². The van der Waals surface area contributed by atoms with E-state index in [1.54, 1.807) is 0 Å². The van der Waals surface area contributed by atoms with Crippen molar-refractivity contribution in [2.24, 2.45) is 0 Å². The Morgan fingerprint density at radius 1 is 1.09 bits per heavy atom. The van der Waals surface area contributed by atoms with Crippen LogP contribution in [-0.4, -0.2) is 73.3 Å². The number of carbonyl (C=O) groups excluding carboxylic acids is 2. The van der Waals surface area contributed by atoms with Crippen molar-refractivity contribution in [2.75, 3.05) is 18.3 Å². The summed E-state index contributed by atoms with van der Waals surface area (Å²) in [6.07, 6.45) is 8.51. The summed E-state index contributed by atoms with van der Waals surface area (Å²) in [6.45, 7) is 8.34. The number of ether oxygens (including phenoxy) is 2. The lowest BCUT2D eigenvalue weighted by Gasteiger charge is -2.52. The molecule has 3 aliphatic heterocycles. The molecule has 2 aromatic carbocycles. The summed E-state index contributed by atoms with van der Waals surface area (Å²) in [5, 5.41) is 11.8. The van der Waals surface area contributed by atoms with Crippen LogP contribution in [0.25, 0.3) is 0 Å². The molecule has 9 nitrogen and oxygen atoms in total. The molecule has 0 aliphatic carbocycles. The van der Waals surface area contributed by atoms with Crippen molar-refractivity contribution in [3.05, 3.63) is 71.8 Å². The second-order valence-electron chi connectivity index (χ2n) is 11.6. The maximum absolute atomic E-state index is 12.3. The van der Waals surface area contributed by atoms with E-state index in [-0.39, 0.29) is 28.9 Å². The van der Waals surface area contributed by atoms with Gasteiger partial charge in [0.15, 0.2) is 17.5 Å². The predicted molar refractivity (Wildman–Crippen MR) is 178 cm³/mol. The van der Waals surface area contributed by atoms with Crippen LogP contribution < -0.4 is 14.8 Å². The second kappa shape index (κ2) is 17.0. The highest BCUT2D eigenvalue weighted by atomic mass is 32.2. The average molecular weight is 657 g/mol. The van der Waals surface area contributed by atoms with Crippen molar-refractivity contribution in [2.45, 2.75) is 87.9 Å². The van der Waals surface area contributed by atoms with E-state index in [1.807, 2.05) is 48.5 Å². The zero-order valence-corrected chi connectivity index (χ0v) is 27.7. The van der Waals surface area contributed by atoms with Gasteiger partial charge in [0.05, 0.1) is 6.42 Å². The third kappa shape index (κ3) is 9.43. The molecule has 0 aromatic heterocycles. The van der Waals surface area contributed by atoms with Crippen LogP contribution >= 0.6 is 11.8 Å². The monoisotopic (exact) mass is 656 g/mol. The van der Waals surface area contributed by atoms with Crippen molar-refractivity contribution >= 4 is 40.7 Å². The molecule has 0 saturated carbocycles. The van der Waals surface area contributed by atoms with Crippen LogP contribution in [0.3, 0.4) is 0 Å². The summed E-state index contributed by atoms with van der Waals surface area (Å²) in [4.78, 5) is 36.9. The minimum atomic E-state index is -1.08. The van der Waals surface area contributed by atoms with E-state index < -0.39 is 29.2 Å². The summed E-state index contributed by atoms with van der Waals surface area (Å²) in [7, 11) is 0. The zero-order valence-electron chi connectivity index (χ0n) is 26.1. The molecule has 0 bridgehead atoms. The average Bonchev–Trinajstić information content (AvgIpc) is 3.50. The Kier molecular flexibility index (Phi) is 13.1. The smallest absolute Gasteiger partial charge is 0.330 e. The Hall–Kier alpha value is -3.15. The van der Waals surface area contributed by atoms with E-state index in [2.05, 4.69) is 25.7 Å². The Bertz CT molecular complexity index is 1320. The minimum absolute atomic E-state index is 0.191. The molecule has 2 fully saturated rings. The quantitative estimate of drug-likeness (QED) is 0.125. The fraction of sp³-hybridized carbons (Fsp3) is 0.500. The number of carboxylic acid groups (broad SMARTS) is 1. The van der Waals surface area contributed by atoms with Crippen molar-refractivity contribution in [3.8, 4) is 11.5 Å². The van der Waals surface area contributed by atoms with Crippen LogP contribution in [0.2, 0.25) is 0 Å². The number of thioether (sulfide) groups is 1. The molecular weight excluding hydrogens is 613 g/mol. The molecule has 0 spiro atoms. The molecule has 5 atom stereocenters. The van der Waals surface area contributed by atoms with Gasteiger partial charge in [-0.15, -0.1) is 11.8 Å². The van der Waals surface area contributed by atoms with Crippen LogP contribution in [0, 0.1) is 0 Å². The number of hydrogen-bond acceptors (Lipinski definition) is 7. The Morgan fingerprint density at radius 3 is 2.53 bits per heavy atom. The largest absolute Gasteiger partial charge is 0.616 e. The fourth-order valence-corrected chi connectivity index (χ4v) is 8.13. The van der Waals surface area contributed by atoms with Crippen LogP contribution in [0.15, 0.2) is 60.7 Å². The van der Waals surface area contributed by atoms with Crippen molar-refractivity contribution in [1.29, 1.82) is 0 Å². The molecular formula is C34H44N2O7S2. The van der Waals surface area contributed by atoms with Crippen LogP contribution in [0.5, 0.6) is 11.5 Å². The number of benzene rings is 2. The van der Waals surface area contributed by atoms with E-state index in [0.29, 0.717) is 18.1 Å². The Balaban J connectivity index is 0.000000205. The Labute approximate surface area is 273 Å². The van der Waals surface area contributed by atoms with Gasteiger partial charge in [0.2, 0.25) is 18.6 Å². The van der Waals surface area contributed by atoms with E-state index in [1.165, 1.54) is 54.3 Å². The molecule has 3 aliphatic rings. The van der Waals surface area contributed by atoms with Gasteiger partial charge in [-0.3, -0.25) is 9.59 Å². The number of aliphatic carboxylic acids is 1. The number of β-lactam (4-membered cyclic amide) rings is 1. The fourth-order valence-electron chi connectivity index (χ4n) is 5.56. The molecule has 0 radical (unpaired) electrons. The summed E-state index contributed by atoms with van der Waals surface area (Å²) < 4.78 is 23.0. The van der Waals surface area contributed by atoms with Crippen molar-refractivity contribution in [3.63, 3.8) is 0 Å². The molecule has 2 saturated heterocycles. The van der Waals surface area contributed by atoms with Gasteiger partial charge in [0.25, 0.3) is 0 Å². The maximum Gasteiger partial charge on any atom is 0.330 e. The standard InChI is InChI=1S/C18H28O3S.C16H16N2O4S/c1-3-4-5-6-7-8-11-22(19)15(2)12-16-9-10-17-18(13-16)21-14-20-17;1-9-8-23-15-12(14(20)18(15)13(9)16(21)22)17-11(19)7-10-5-3-2-4-6-10/h9-10,13,15H,3-8,11-12,14H2,1-2H3;2-6,12-13,15H,1,7-8H2,(H,17,19)(H,21,22)/t;12?,13?,15-/m.1/s1. The van der Waals surface area contributed by atoms with Crippen LogP contribution in [0.4, 0.5) is 0 Å². The summed E-state index contributed by atoms with van der Waals surface area (Å²) in [6, 6.07) is 13.6. The van der Waals surface area contributed by atoms with E-state index in [9.17, 15) is 24.0 Å². The molecule has 45 heavy (non-hydrogen) atoms. The van der Waals surface area contributed by atoms with Gasteiger partial charge in [0, 0.05) is 12.2 Å². The molecule has 4 unspecified atom stereocenters. The number of rotatable bonds is 14. The van der Waals surface area contributed by atoms with Gasteiger partial charge < -0.3 is 29.3 Å². The van der Waals surface area contributed by atoms with Gasteiger partial charge in [-0.25, -0.2) is 4.79 Å². The number of amides is 2. The number of carboxylic acids is 1. The number of nitrogens with zero attached hydrogens (tertiary/aromatic N) is 1. The highest BCUT2D eigenvalue weighted by molar-refractivity contribution is 8.00. The second-order valence-corrected chi connectivity index (χ2v) is 14.7. The van der Waals surface area contributed by atoms with Crippen LogP contribution in [-0.2, 0) is 38.4 Å². The number of carbonyl (C=O) groups is 3. The summed E-state index contributed by atoms with van der Waals surface area (Å²) >= 11 is 0.687. The molecule has 3 heterocycles. The third-order valence-corrected chi connectivity index (χ3v) is 11.2. The number of hydrogen-bond donors (Lipinski definition) is 2.